The van der Waals surface area contributed by atoms with Crippen LogP contribution in [0, 0.1) is 0 Å². The maximum absolute atomic E-state index is 12.3. The Morgan fingerprint density at radius 1 is 1.19 bits per heavy atom. The first-order valence-electron chi connectivity index (χ1n) is 6.59. The number of halogens is 1. The van der Waals surface area contributed by atoms with Gasteiger partial charge in [0, 0.05) is 12.6 Å². The average Bonchev–Trinajstić information content (AvgIpc) is 2.44. The number of amides is 1. The van der Waals surface area contributed by atoms with Gasteiger partial charge >= 0.3 is 0 Å². The van der Waals surface area contributed by atoms with Gasteiger partial charge in [0.2, 0.25) is 0 Å². The first-order valence-corrected chi connectivity index (χ1v) is 8.13. The molecular formula is C14H23ClN2O3S. The molecule has 120 valence electrons. The molecule has 0 saturated carbocycles. The minimum absolute atomic E-state index is 0. The topological polar surface area (TPSA) is 75.3 Å². The molecule has 2 N–H and O–H groups in total. The monoisotopic (exact) mass is 334 g/mol. The van der Waals surface area contributed by atoms with Crippen molar-refractivity contribution < 1.29 is 13.2 Å². The van der Waals surface area contributed by atoms with Gasteiger partial charge in [-0.2, -0.15) is 0 Å². The number of benzene rings is 1. The van der Waals surface area contributed by atoms with E-state index in [1.54, 1.807) is 33.0 Å². The lowest BCUT2D eigenvalue weighted by molar-refractivity contribution is 0.0947. The molecule has 0 spiro atoms. The fraction of sp³-hybridized carbons (Fsp3) is 0.500. The summed E-state index contributed by atoms with van der Waals surface area (Å²) in [5.74, 6) is -0.369. The highest BCUT2D eigenvalue weighted by atomic mass is 35.5. The SMILES string of the molecule is CNC(C)CNC(=O)c1ccccc1S(=O)(=O)C(C)C.Cl. The van der Waals surface area contributed by atoms with Crippen LogP contribution in [0.1, 0.15) is 31.1 Å². The molecule has 0 radical (unpaired) electrons. The molecule has 0 bridgehead atoms. The van der Waals surface area contributed by atoms with Crippen molar-refractivity contribution in [2.45, 2.75) is 37.0 Å². The van der Waals surface area contributed by atoms with Crippen LogP contribution < -0.4 is 10.6 Å². The summed E-state index contributed by atoms with van der Waals surface area (Å²) in [6.07, 6.45) is 0. The molecule has 1 atom stereocenters. The van der Waals surface area contributed by atoms with Gasteiger partial charge in [-0.1, -0.05) is 12.1 Å². The lowest BCUT2D eigenvalue weighted by Crippen LogP contribution is -2.37. The number of sulfone groups is 1. The van der Waals surface area contributed by atoms with Gasteiger partial charge in [0.1, 0.15) is 0 Å². The summed E-state index contributed by atoms with van der Waals surface area (Å²) < 4.78 is 24.5. The Balaban J connectivity index is 0.00000400. The number of carbonyl (C=O) groups is 1. The highest BCUT2D eigenvalue weighted by molar-refractivity contribution is 7.92. The summed E-state index contributed by atoms with van der Waals surface area (Å²) in [5, 5.41) is 5.17. The van der Waals surface area contributed by atoms with Crippen LogP contribution in [0.3, 0.4) is 0 Å². The number of hydrogen-bond donors (Lipinski definition) is 2. The molecule has 0 fully saturated rings. The fourth-order valence-electron chi connectivity index (χ4n) is 1.60. The van der Waals surface area contributed by atoms with Crippen LogP contribution in [0.5, 0.6) is 0 Å². The zero-order valence-corrected chi connectivity index (χ0v) is 14.3. The molecule has 0 saturated heterocycles. The van der Waals surface area contributed by atoms with Crippen molar-refractivity contribution in [1.82, 2.24) is 10.6 Å². The minimum atomic E-state index is -3.47. The molecule has 0 aliphatic rings. The summed E-state index contributed by atoms with van der Waals surface area (Å²) in [6.45, 7) is 5.57. The molecule has 0 aromatic heterocycles. The Labute approximate surface area is 132 Å². The first kappa shape index (κ1) is 19.9. The van der Waals surface area contributed by atoms with E-state index in [9.17, 15) is 13.2 Å². The molecular weight excluding hydrogens is 312 g/mol. The van der Waals surface area contributed by atoms with E-state index in [2.05, 4.69) is 10.6 Å². The summed E-state index contributed by atoms with van der Waals surface area (Å²) in [7, 11) is -1.67. The third-order valence-corrected chi connectivity index (χ3v) is 5.33. The van der Waals surface area contributed by atoms with E-state index in [1.165, 1.54) is 12.1 Å². The van der Waals surface area contributed by atoms with E-state index < -0.39 is 15.1 Å². The summed E-state index contributed by atoms with van der Waals surface area (Å²) >= 11 is 0. The Morgan fingerprint density at radius 3 is 2.29 bits per heavy atom. The lowest BCUT2D eigenvalue weighted by atomic mass is 10.2. The third-order valence-electron chi connectivity index (χ3n) is 3.12. The van der Waals surface area contributed by atoms with Gasteiger partial charge < -0.3 is 10.6 Å². The Bertz CT molecular complexity index is 573. The molecule has 1 aromatic rings. The van der Waals surface area contributed by atoms with Crippen molar-refractivity contribution in [3.63, 3.8) is 0 Å². The van der Waals surface area contributed by atoms with Crippen LogP contribution in [0.4, 0.5) is 0 Å². The summed E-state index contributed by atoms with van der Waals surface area (Å²) in [5.41, 5.74) is 0.199. The first-order chi connectivity index (χ1) is 9.30. The van der Waals surface area contributed by atoms with Crippen LogP contribution in [0.25, 0.3) is 0 Å². The molecule has 0 aliphatic heterocycles. The second-order valence-electron chi connectivity index (χ2n) is 4.99. The van der Waals surface area contributed by atoms with E-state index in [1.807, 2.05) is 6.92 Å². The highest BCUT2D eigenvalue weighted by Crippen LogP contribution is 2.20. The molecule has 1 aromatic carbocycles. The van der Waals surface area contributed by atoms with Crippen LogP contribution >= 0.6 is 12.4 Å². The fourth-order valence-corrected chi connectivity index (χ4v) is 2.84. The average molecular weight is 335 g/mol. The van der Waals surface area contributed by atoms with Crippen molar-refractivity contribution in [3.8, 4) is 0 Å². The van der Waals surface area contributed by atoms with E-state index in [4.69, 9.17) is 0 Å². The zero-order valence-electron chi connectivity index (χ0n) is 12.7. The Kier molecular flexibility index (Phi) is 7.92. The van der Waals surface area contributed by atoms with E-state index in [-0.39, 0.29) is 34.8 Å². The molecule has 5 nitrogen and oxygen atoms in total. The van der Waals surface area contributed by atoms with Gasteiger partial charge in [-0.15, -0.1) is 12.4 Å². The van der Waals surface area contributed by atoms with Gasteiger partial charge in [-0.05, 0) is 40.0 Å². The van der Waals surface area contributed by atoms with E-state index in [0.29, 0.717) is 6.54 Å². The van der Waals surface area contributed by atoms with Gasteiger partial charge in [0.15, 0.2) is 9.84 Å². The predicted octanol–water partition coefficient (Wildman–Crippen LogP) is 1.63. The van der Waals surface area contributed by atoms with Crippen molar-refractivity contribution in [2.75, 3.05) is 13.6 Å². The molecule has 7 heteroatoms. The summed E-state index contributed by atoms with van der Waals surface area (Å²) in [6, 6.07) is 6.42. The maximum atomic E-state index is 12.3. The van der Waals surface area contributed by atoms with Gasteiger partial charge in [0.25, 0.3) is 5.91 Å². The van der Waals surface area contributed by atoms with Crippen LogP contribution in [0.15, 0.2) is 29.2 Å². The van der Waals surface area contributed by atoms with E-state index in [0.717, 1.165) is 0 Å². The van der Waals surface area contributed by atoms with E-state index >= 15 is 0 Å². The Morgan fingerprint density at radius 2 is 1.76 bits per heavy atom. The normalized spacial score (nSPS) is 12.6. The lowest BCUT2D eigenvalue weighted by Gasteiger charge is -2.15. The number of nitrogens with one attached hydrogen (secondary N) is 2. The van der Waals surface area contributed by atoms with Crippen molar-refractivity contribution in [1.29, 1.82) is 0 Å². The number of carbonyl (C=O) groups excluding carboxylic acids is 1. The molecule has 21 heavy (non-hydrogen) atoms. The minimum Gasteiger partial charge on any atom is -0.350 e. The highest BCUT2D eigenvalue weighted by Gasteiger charge is 2.25. The Hall–Kier alpha value is -1.11. The van der Waals surface area contributed by atoms with Crippen LogP contribution in [-0.4, -0.2) is 39.2 Å². The smallest absolute Gasteiger partial charge is 0.252 e. The molecule has 1 rings (SSSR count). The summed E-state index contributed by atoms with van der Waals surface area (Å²) in [4.78, 5) is 12.2. The molecule has 1 unspecified atom stereocenters. The second-order valence-corrected chi connectivity index (χ2v) is 7.46. The largest absolute Gasteiger partial charge is 0.350 e. The van der Waals surface area contributed by atoms with Gasteiger partial charge in [-0.25, -0.2) is 8.42 Å². The van der Waals surface area contributed by atoms with Gasteiger partial charge in [-0.3, -0.25) is 4.79 Å². The number of likely N-dealkylation sites (N-methyl/N-ethyl adjacent to an activating group) is 1. The molecule has 1 amide bonds. The van der Waals surface area contributed by atoms with Crippen molar-refractivity contribution in [2.24, 2.45) is 0 Å². The predicted molar refractivity (Wildman–Crippen MR) is 86.9 cm³/mol. The number of hydrogen-bond acceptors (Lipinski definition) is 4. The van der Waals surface area contributed by atoms with Crippen molar-refractivity contribution >= 4 is 28.2 Å². The van der Waals surface area contributed by atoms with Crippen LogP contribution in [0.2, 0.25) is 0 Å². The zero-order chi connectivity index (χ0) is 15.3. The standard InChI is InChI=1S/C14H22N2O3S.ClH/c1-10(2)20(18,19)13-8-6-5-7-12(13)14(17)16-9-11(3)15-4;/h5-8,10-11,15H,9H2,1-4H3,(H,16,17);1H. The maximum Gasteiger partial charge on any atom is 0.252 e. The number of rotatable bonds is 6. The quantitative estimate of drug-likeness (QED) is 0.829. The van der Waals surface area contributed by atoms with Gasteiger partial charge in [0.05, 0.1) is 15.7 Å². The van der Waals surface area contributed by atoms with Crippen molar-refractivity contribution in [3.05, 3.63) is 29.8 Å². The molecule has 0 heterocycles. The third kappa shape index (κ3) is 4.98. The van der Waals surface area contributed by atoms with Crippen LogP contribution in [-0.2, 0) is 9.84 Å². The second kappa shape index (κ2) is 8.36. The molecule has 0 aliphatic carbocycles.